The van der Waals surface area contributed by atoms with E-state index >= 15 is 0 Å². The van der Waals surface area contributed by atoms with Gasteiger partial charge in [-0.25, -0.2) is 17.8 Å². The Morgan fingerprint density at radius 1 is 1.32 bits per heavy atom. The number of anilines is 1. The Balaban J connectivity index is 1.50. The second-order valence-corrected chi connectivity index (χ2v) is 9.98. The van der Waals surface area contributed by atoms with Gasteiger partial charge in [0.15, 0.2) is 0 Å². The lowest BCUT2D eigenvalue weighted by Gasteiger charge is -2.24. The number of nitrogens with zero attached hydrogens (tertiary/aromatic N) is 4. The van der Waals surface area contributed by atoms with Gasteiger partial charge >= 0.3 is 0 Å². The lowest BCUT2D eigenvalue weighted by molar-refractivity contribution is 0.567. The molecule has 0 spiro atoms. The molecule has 8 nitrogen and oxygen atoms in total. The summed E-state index contributed by atoms with van der Waals surface area (Å²) in [5, 5.41) is 4.98. The first-order chi connectivity index (χ1) is 14.9. The highest BCUT2D eigenvalue weighted by Crippen LogP contribution is 2.28. The first kappa shape index (κ1) is 20.0. The van der Waals surface area contributed by atoms with Crippen molar-refractivity contribution < 1.29 is 12.8 Å². The number of aromatic nitrogens is 4. The van der Waals surface area contributed by atoms with Crippen molar-refractivity contribution in [1.29, 1.82) is 0 Å². The number of aryl methyl sites for hydroxylation is 1. The zero-order valence-electron chi connectivity index (χ0n) is 16.3. The Kier molecular flexibility index (Phi) is 4.95. The topological polar surface area (TPSA) is 116 Å². The van der Waals surface area contributed by atoms with Crippen molar-refractivity contribution in [3.8, 4) is 0 Å². The molecule has 0 saturated heterocycles. The summed E-state index contributed by atoms with van der Waals surface area (Å²) in [6, 6.07) is 8.79. The highest BCUT2D eigenvalue weighted by molar-refractivity contribution is 7.93. The predicted molar refractivity (Wildman–Crippen MR) is 116 cm³/mol. The van der Waals surface area contributed by atoms with Crippen LogP contribution < -0.4 is 10.5 Å². The number of halogens is 1. The molecule has 3 N–H and O–H groups in total. The van der Waals surface area contributed by atoms with Crippen molar-refractivity contribution in [2.75, 3.05) is 4.72 Å². The van der Waals surface area contributed by atoms with Crippen LogP contribution >= 0.6 is 11.5 Å². The van der Waals surface area contributed by atoms with Crippen molar-refractivity contribution in [2.24, 2.45) is 5.73 Å². The molecule has 5 rings (SSSR count). The SMILES string of the molecule is NC1CCc2cccc(Cn3ncc4cc(S(=O)(=O)Nc5ncns5)c(F)cc43)c2C1. The van der Waals surface area contributed by atoms with Crippen molar-refractivity contribution in [3.05, 3.63) is 65.4 Å². The molecule has 1 unspecified atom stereocenters. The van der Waals surface area contributed by atoms with Crippen molar-refractivity contribution >= 4 is 37.6 Å². The molecule has 2 aromatic heterocycles. The van der Waals surface area contributed by atoms with E-state index in [0.29, 0.717) is 17.4 Å². The van der Waals surface area contributed by atoms with Gasteiger partial charge in [0.1, 0.15) is 17.0 Å². The molecule has 160 valence electrons. The van der Waals surface area contributed by atoms with Crippen LogP contribution in [0.15, 0.2) is 47.8 Å². The average Bonchev–Trinajstić information content (AvgIpc) is 3.37. The van der Waals surface area contributed by atoms with E-state index in [1.54, 1.807) is 10.9 Å². The number of hydrogen-bond acceptors (Lipinski definition) is 7. The Labute approximate surface area is 182 Å². The second kappa shape index (κ2) is 7.66. The number of rotatable bonds is 5. The molecule has 0 saturated carbocycles. The molecule has 11 heteroatoms. The molecule has 0 amide bonds. The maximum atomic E-state index is 14.9. The summed E-state index contributed by atoms with van der Waals surface area (Å²) in [5.74, 6) is -0.858. The smallest absolute Gasteiger partial charge is 0.266 e. The summed E-state index contributed by atoms with van der Waals surface area (Å²) >= 11 is 0.871. The summed E-state index contributed by atoms with van der Waals surface area (Å²) in [6.07, 6.45) is 5.48. The lowest BCUT2D eigenvalue weighted by Crippen LogP contribution is -2.29. The molecule has 2 aromatic carbocycles. The third-order valence-electron chi connectivity index (χ3n) is 5.51. The average molecular weight is 459 g/mol. The predicted octanol–water partition coefficient (Wildman–Crippen LogP) is 2.69. The minimum absolute atomic E-state index is 0.0715. The number of fused-ring (bicyclic) bond motifs is 2. The van der Waals surface area contributed by atoms with Crippen molar-refractivity contribution in [3.63, 3.8) is 0 Å². The molecule has 0 aliphatic heterocycles. The molecule has 0 radical (unpaired) electrons. The highest BCUT2D eigenvalue weighted by Gasteiger charge is 2.23. The van der Waals surface area contributed by atoms with Gasteiger partial charge in [0.05, 0.1) is 18.3 Å². The van der Waals surface area contributed by atoms with Crippen LogP contribution in [0, 0.1) is 5.82 Å². The van der Waals surface area contributed by atoms with Crippen LogP contribution in [0.1, 0.15) is 23.1 Å². The van der Waals surface area contributed by atoms with Gasteiger partial charge in [0.25, 0.3) is 10.0 Å². The Morgan fingerprint density at radius 3 is 3.00 bits per heavy atom. The summed E-state index contributed by atoms with van der Waals surface area (Å²) in [5.41, 5.74) is 10.3. The maximum absolute atomic E-state index is 14.9. The first-order valence-electron chi connectivity index (χ1n) is 9.70. The second-order valence-electron chi connectivity index (χ2n) is 7.55. The molecule has 2 heterocycles. The Hall–Kier alpha value is -2.89. The molecule has 31 heavy (non-hydrogen) atoms. The van der Waals surface area contributed by atoms with Crippen LogP contribution in [-0.2, 0) is 29.4 Å². The van der Waals surface area contributed by atoms with Gasteiger partial charge in [-0.2, -0.15) is 9.47 Å². The summed E-state index contributed by atoms with van der Waals surface area (Å²) in [6.45, 7) is 0.452. The normalized spacial score (nSPS) is 16.4. The summed E-state index contributed by atoms with van der Waals surface area (Å²) in [7, 11) is -4.14. The minimum atomic E-state index is -4.14. The number of benzene rings is 2. The minimum Gasteiger partial charge on any atom is -0.327 e. The van der Waals surface area contributed by atoms with Gasteiger partial charge in [-0.05, 0) is 42.0 Å². The summed E-state index contributed by atoms with van der Waals surface area (Å²) in [4.78, 5) is 3.32. The van der Waals surface area contributed by atoms with Crippen molar-refractivity contribution in [1.82, 2.24) is 19.1 Å². The fourth-order valence-corrected chi connectivity index (χ4v) is 5.76. The van der Waals surface area contributed by atoms with Gasteiger partial charge in [-0.15, -0.1) is 0 Å². The van der Waals surface area contributed by atoms with Crippen LogP contribution in [-0.4, -0.2) is 33.6 Å². The Bertz CT molecular complexity index is 1370. The number of sulfonamides is 1. The largest absolute Gasteiger partial charge is 0.327 e. The number of nitrogens with one attached hydrogen (secondary N) is 1. The molecule has 4 aromatic rings. The number of nitrogens with two attached hydrogens (primary N) is 1. The fourth-order valence-electron chi connectivity index (χ4n) is 4.00. The van der Waals surface area contributed by atoms with Gasteiger partial charge in [-0.1, -0.05) is 18.2 Å². The first-order valence-corrected chi connectivity index (χ1v) is 12.0. The van der Waals surface area contributed by atoms with Crippen molar-refractivity contribution in [2.45, 2.75) is 36.7 Å². The zero-order valence-corrected chi connectivity index (χ0v) is 18.0. The lowest BCUT2D eigenvalue weighted by atomic mass is 9.86. The van der Waals surface area contributed by atoms with E-state index in [-0.39, 0.29) is 11.2 Å². The van der Waals surface area contributed by atoms with Crippen LogP contribution in [0.3, 0.4) is 0 Å². The molecular weight excluding hydrogens is 439 g/mol. The number of hydrogen-bond donors (Lipinski definition) is 2. The molecule has 0 bridgehead atoms. The van der Waals surface area contributed by atoms with E-state index in [2.05, 4.69) is 25.2 Å². The van der Waals surface area contributed by atoms with Crippen LogP contribution in [0.4, 0.5) is 9.52 Å². The van der Waals surface area contributed by atoms with E-state index in [9.17, 15) is 12.8 Å². The van der Waals surface area contributed by atoms with Gasteiger partial charge in [-0.3, -0.25) is 9.40 Å². The summed E-state index contributed by atoms with van der Waals surface area (Å²) < 4.78 is 47.7. The van der Waals surface area contributed by atoms with E-state index in [0.717, 1.165) is 36.4 Å². The van der Waals surface area contributed by atoms with Gasteiger partial charge < -0.3 is 5.73 Å². The maximum Gasteiger partial charge on any atom is 0.266 e. The van der Waals surface area contributed by atoms with Gasteiger partial charge in [0, 0.05) is 29.0 Å². The molecular formula is C20H19FN6O2S2. The fraction of sp³-hybridized carbons (Fsp3) is 0.250. The van der Waals surface area contributed by atoms with E-state index < -0.39 is 20.7 Å². The Morgan fingerprint density at radius 2 is 2.19 bits per heavy atom. The van der Waals surface area contributed by atoms with E-state index in [4.69, 9.17) is 5.73 Å². The molecule has 1 aliphatic carbocycles. The third-order valence-corrected chi connectivity index (χ3v) is 7.57. The molecule has 0 fully saturated rings. The van der Waals surface area contributed by atoms with Crippen LogP contribution in [0.2, 0.25) is 0 Å². The highest BCUT2D eigenvalue weighted by atomic mass is 32.2. The van der Waals surface area contributed by atoms with Gasteiger partial charge in [0.2, 0.25) is 5.13 Å². The molecule has 1 atom stereocenters. The van der Waals surface area contributed by atoms with E-state index in [1.165, 1.54) is 29.6 Å². The zero-order chi connectivity index (χ0) is 21.6. The standard InChI is InChI=1S/C20H19FN6O2S2/c21-17-8-18-14(6-19(17)31(28,29)26-20-23-11-25-30-20)9-24-27(18)10-13-3-1-2-12-4-5-15(22)7-16(12)13/h1-3,6,8-9,11,15H,4-5,7,10,22H2,(H,23,25,26). The monoisotopic (exact) mass is 458 g/mol. The van der Waals surface area contributed by atoms with Crippen LogP contribution in [0.5, 0.6) is 0 Å². The van der Waals surface area contributed by atoms with E-state index in [1.807, 2.05) is 12.1 Å². The third kappa shape index (κ3) is 3.80. The molecule has 1 aliphatic rings. The van der Waals surface area contributed by atoms with Crippen LogP contribution in [0.25, 0.3) is 10.9 Å². The quantitative estimate of drug-likeness (QED) is 0.475.